The maximum atomic E-state index is 5.42. The van der Waals surface area contributed by atoms with E-state index in [0.29, 0.717) is 0 Å². The summed E-state index contributed by atoms with van der Waals surface area (Å²) in [6, 6.07) is 14.0. The van der Waals surface area contributed by atoms with Gasteiger partial charge in [-0.05, 0) is 24.6 Å². The zero-order valence-corrected chi connectivity index (χ0v) is 10.4. The number of hydrogen-bond acceptors (Lipinski definition) is 2. The number of para-hydroxylation sites is 1. The van der Waals surface area contributed by atoms with E-state index in [4.69, 9.17) is 9.47 Å². The normalized spacial score (nSPS) is 10.1. The first kappa shape index (κ1) is 11.5. The van der Waals surface area contributed by atoms with Crippen LogP contribution in [-0.4, -0.2) is 14.2 Å². The average Bonchev–Trinajstić information content (AvgIpc) is 2.38. The molecule has 2 aromatic carbocycles. The van der Waals surface area contributed by atoms with Gasteiger partial charge in [0.15, 0.2) is 0 Å². The predicted molar refractivity (Wildman–Crippen MR) is 69.7 cm³/mol. The Labute approximate surface area is 102 Å². The summed E-state index contributed by atoms with van der Waals surface area (Å²) in [6.07, 6.45) is 0. The van der Waals surface area contributed by atoms with Crippen LogP contribution >= 0.6 is 0 Å². The zero-order chi connectivity index (χ0) is 12.3. The number of hydrogen-bond donors (Lipinski definition) is 0. The van der Waals surface area contributed by atoms with Gasteiger partial charge in [-0.15, -0.1) is 0 Å². The lowest BCUT2D eigenvalue weighted by atomic mass is 9.98. The first-order chi connectivity index (χ1) is 8.27. The van der Waals surface area contributed by atoms with Crippen molar-refractivity contribution in [1.29, 1.82) is 0 Å². The molecule has 0 aliphatic carbocycles. The highest BCUT2D eigenvalue weighted by molar-refractivity contribution is 5.78. The predicted octanol–water partition coefficient (Wildman–Crippen LogP) is 3.68. The van der Waals surface area contributed by atoms with Crippen LogP contribution in [0.3, 0.4) is 0 Å². The molecule has 2 rings (SSSR count). The van der Waals surface area contributed by atoms with Crippen molar-refractivity contribution in [3.05, 3.63) is 48.0 Å². The number of aryl methyl sites for hydroxylation is 1. The molecule has 0 aromatic heterocycles. The van der Waals surface area contributed by atoms with Gasteiger partial charge in [0.25, 0.3) is 0 Å². The first-order valence-corrected chi connectivity index (χ1v) is 5.55. The van der Waals surface area contributed by atoms with Gasteiger partial charge in [0.05, 0.1) is 14.2 Å². The van der Waals surface area contributed by atoms with Crippen LogP contribution in [0, 0.1) is 6.92 Å². The van der Waals surface area contributed by atoms with Gasteiger partial charge >= 0.3 is 0 Å². The van der Waals surface area contributed by atoms with Gasteiger partial charge < -0.3 is 9.47 Å². The minimum atomic E-state index is 0.861. The van der Waals surface area contributed by atoms with Gasteiger partial charge in [0, 0.05) is 11.1 Å². The molecular formula is C15H16O2. The van der Waals surface area contributed by atoms with Crippen LogP contribution in [0.4, 0.5) is 0 Å². The van der Waals surface area contributed by atoms with Crippen molar-refractivity contribution in [2.75, 3.05) is 14.2 Å². The summed E-state index contributed by atoms with van der Waals surface area (Å²) in [4.78, 5) is 0. The van der Waals surface area contributed by atoms with E-state index in [9.17, 15) is 0 Å². The Kier molecular flexibility index (Phi) is 3.33. The number of methoxy groups -OCH3 is 2. The van der Waals surface area contributed by atoms with Crippen molar-refractivity contribution < 1.29 is 9.47 Å². The number of ether oxygens (including phenoxy) is 2. The maximum Gasteiger partial charge on any atom is 0.127 e. The fourth-order valence-electron chi connectivity index (χ4n) is 2.01. The molecule has 0 saturated carbocycles. The zero-order valence-electron chi connectivity index (χ0n) is 10.4. The summed E-state index contributed by atoms with van der Waals surface area (Å²) < 4.78 is 10.8. The van der Waals surface area contributed by atoms with Gasteiger partial charge in [0.1, 0.15) is 11.5 Å². The van der Waals surface area contributed by atoms with Gasteiger partial charge in [0.2, 0.25) is 0 Å². The van der Waals surface area contributed by atoms with E-state index in [2.05, 4.69) is 13.0 Å². The molecule has 17 heavy (non-hydrogen) atoms. The molecule has 0 amide bonds. The Balaban J connectivity index is 2.67. The molecule has 0 spiro atoms. The Bertz CT molecular complexity index is 518. The molecule has 2 aromatic rings. The van der Waals surface area contributed by atoms with Gasteiger partial charge in [-0.3, -0.25) is 0 Å². The number of benzene rings is 2. The number of rotatable bonds is 3. The molecular weight excluding hydrogens is 212 g/mol. The summed E-state index contributed by atoms with van der Waals surface area (Å²) >= 11 is 0. The Morgan fingerprint density at radius 1 is 0.765 bits per heavy atom. The quantitative estimate of drug-likeness (QED) is 0.797. The standard InChI is InChI=1S/C15H16O2/c1-11-7-6-10-14(17-3)15(11)12-8-4-5-9-13(12)16-2/h4-10H,1-3H3. The van der Waals surface area contributed by atoms with E-state index in [0.717, 1.165) is 22.6 Å². The third-order valence-electron chi connectivity index (χ3n) is 2.83. The second kappa shape index (κ2) is 4.91. The highest BCUT2D eigenvalue weighted by Crippen LogP contribution is 2.38. The van der Waals surface area contributed by atoms with Crippen LogP contribution < -0.4 is 9.47 Å². The molecule has 0 unspecified atom stereocenters. The van der Waals surface area contributed by atoms with E-state index in [-0.39, 0.29) is 0 Å². The third-order valence-corrected chi connectivity index (χ3v) is 2.83. The smallest absolute Gasteiger partial charge is 0.127 e. The van der Waals surface area contributed by atoms with Crippen LogP contribution in [0.5, 0.6) is 11.5 Å². The fourth-order valence-corrected chi connectivity index (χ4v) is 2.01. The van der Waals surface area contributed by atoms with Crippen molar-refractivity contribution in [2.24, 2.45) is 0 Å². The highest BCUT2D eigenvalue weighted by Gasteiger charge is 2.12. The monoisotopic (exact) mass is 228 g/mol. The van der Waals surface area contributed by atoms with Gasteiger partial charge in [-0.1, -0.05) is 30.3 Å². The van der Waals surface area contributed by atoms with Crippen molar-refractivity contribution >= 4 is 0 Å². The molecule has 0 aliphatic rings. The Morgan fingerprint density at radius 3 is 2.12 bits per heavy atom. The molecule has 0 fully saturated rings. The van der Waals surface area contributed by atoms with Crippen LogP contribution in [-0.2, 0) is 0 Å². The van der Waals surface area contributed by atoms with Gasteiger partial charge in [-0.2, -0.15) is 0 Å². The van der Waals surface area contributed by atoms with Crippen LogP contribution in [0.25, 0.3) is 11.1 Å². The summed E-state index contributed by atoms with van der Waals surface area (Å²) in [7, 11) is 3.37. The Morgan fingerprint density at radius 2 is 1.41 bits per heavy atom. The fraction of sp³-hybridized carbons (Fsp3) is 0.200. The van der Waals surface area contributed by atoms with Crippen molar-refractivity contribution in [2.45, 2.75) is 6.92 Å². The van der Waals surface area contributed by atoms with Crippen molar-refractivity contribution in [3.8, 4) is 22.6 Å². The van der Waals surface area contributed by atoms with E-state index < -0.39 is 0 Å². The summed E-state index contributed by atoms with van der Waals surface area (Å²) in [6.45, 7) is 2.07. The Hall–Kier alpha value is -1.96. The molecule has 0 saturated heterocycles. The van der Waals surface area contributed by atoms with E-state index in [1.165, 1.54) is 5.56 Å². The second-order valence-corrected chi connectivity index (χ2v) is 3.85. The summed E-state index contributed by atoms with van der Waals surface area (Å²) in [5.41, 5.74) is 3.33. The van der Waals surface area contributed by atoms with E-state index >= 15 is 0 Å². The lowest BCUT2D eigenvalue weighted by Crippen LogP contribution is -1.93. The largest absolute Gasteiger partial charge is 0.496 e. The first-order valence-electron chi connectivity index (χ1n) is 5.55. The topological polar surface area (TPSA) is 18.5 Å². The van der Waals surface area contributed by atoms with Gasteiger partial charge in [-0.25, -0.2) is 0 Å². The molecule has 88 valence electrons. The minimum absolute atomic E-state index is 0.861. The second-order valence-electron chi connectivity index (χ2n) is 3.85. The molecule has 0 heterocycles. The average molecular weight is 228 g/mol. The SMILES string of the molecule is COc1ccccc1-c1c(C)cccc1OC. The minimum Gasteiger partial charge on any atom is -0.496 e. The molecule has 2 nitrogen and oxygen atoms in total. The summed E-state index contributed by atoms with van der Waals surface area (Å²) in [5.74, 6) is 1.73. The van der Waals surface area contributed by atoms with Crippen molar-refractivity contribution in [1.82, 2.24) is 0 Å². The maximum absolute atomic E-state index is 5.42. The molecule has 0 atom stereocenters. The molecule has 0 radical (unpaired) electrons. The molecule has 0 aliphatic heterocycles. The highest BCUT2D eigenvalue weighted by atomic mass is 16.5. The van der Waals surface area contributed by atoms with Crippen LogP contribution in [0.1, 0.15) is 5.56 Å². The lowest BCUT2D eigenvalue weighted by molar-refractivity contribution is 0.410. The van der Waals surface area contributed by atoms with E-state index in [1.807, 2.05) is 36.4 Å². The lowest BCUT2D eigenvalue weighted by Gasteiger charge is -2.14. The molecule has 0 N–H and O–H groups in total. The van der Waals surface area contributed by atoms with Crippen molar-refractivity contribution in [3.63, 3.8) is 0 Å². The molecule has 2 heteroatoms. The van der Waals surface area contributed by atoms with Crippen LogP contribution in [0.2, 0.25) is 0 Å². The van der Waals surface area contributed by atoms with E-state index in [1.54, 1.807) is 14.2 Å². The summed E-state index contributed by atoms with van der Waals surface area (Å²) in [5, 5.41) is 0. The van der Waals surface area contributed by atoms with Crippen LogP contribution in [0.15, 0.2) is 42.5 Å². The molecule has 0 bridgehead atoms. The third kappa shape index (κ3) is 2.11.